The average Bonchev–Trinajstić information content (AvgIpc) is 2.87. The third kappa shape index (κ3) is 8.26. The molecule has 0 saturated heterocycles. The van der Waals surface area contributed by atoms with E-state index in [2.05, 4.69) is 17.0 Å². The van der Waals surface area contributed by atoms with Gasteiger partial charge in [-0.1, -0.05) is 61.9 Å². The quantitative estimate of drug-likeness (QED) is 0.365. The lowest BCUT2D eigenvalue weighted by Crippen LogP contribution is -2.30. The standard InChI is InChI=1S/C27H30N2O5S/c1-2-3-8-22-13-15-24(16-14-22)29-35(32,33)25-12-7-11-23(19-25)27(31)34-20-26(30)28-18-17-21-9-5-4-6-10-21/h4-7,9-16,19,29H,2-3,8,17-18,20H2,1H3,(H,28,30). The fraction of sp³-hybridized carbons (Fsp3) is 0.259. The molecule has 2 N–H and O–H groups in total. The number of benzene rings is 3. The third-order valence-electron chi connectivity index (χ3n) is 5.32. The summed E-state index contributed by atoms with van der Waals surface area (Å²) in [7, 11) is -3.91. The van der Waals surface area contributed by atoms with E-state index in [1.165, 1.54) is 24.3 Å². The molecule has 0 aromatic heterocycles. The van der Waals surface area contributed by atoms with Gasteiger partial charge < -0.3 is 10.1 Å². The Morgan fingerprint density at radius 3 is 2.29 bits per heavy atom. The number of carbonyl (C=O) groups is 2. The number of rotatable bonds is 12. The van der Waals surface area contributed by atoms with Gasteiger partial charge in [0.15, 0.2) is 6.61 Å². The van der Waals surface area contributed by atoms with E-state index in [0.29, 0.717) is 18.7 Å². The Morgan fingerprint density at radius 1 is 0.857 bits per heavy atom. The summed E-state index contributed by atoms with van der Waals surface area (Å²) < 4.78 is 33.2. The molecule has 0 unspecified atom stereocenters. The Kier molecular flexibility index (Phi) is 9.43. The topological polar surface area (TPSA) is 102 Å². The second-order valence-corrected chi connectivity index (χ2v) is 9.78. The fourth-order valence-electron chi connectivity index (χ4n) is 3.38. The Hall–Kier alpha value is -3.65. The van der Waals surface area contributed by atoms with Crippen molar-refractivity contribution < 1.29 is 22.7 Å². The van der Waals surface area contributed by atoms with Crippen LogP contribution in [0.4, 0.5) is 5.69 Å². The van der Waals surface area contributed by atoms with E-state index in [4.69, 9.17) is 4.74 Å². The number of hydrogen-bond acceptors (Lipinski definition) is 5. The molecule has 0 aliphatic heterocycles. The van der Waals surface area contributed by atoms with Crippen molar-refractivity contribution >= 4 is 27.6 Å². The van der Waals surface area contributed by atoms with Crippen molar-refractivity contribution in [2.45, 2.75) is 37.5 Å². The van der Waals surface area contributed by atoms with Crippen molar-refractivity contribution in [3.05, 3.63) is 95.6 Å². The third-order valence-corrected chi connectivity index (χ3v) is 6.70. The first-order valence-corrected chi connectivity index (χ1v) is 13.1. The van der Waals surface area contributed by atoms with Gasteiger partial charge in [-0.3, -0.25) is 9.52 Å². The van der Waals surface area contributed by atoms with Gasteiger partial charge in [-0.15, -0.1) is 0 Å². The van der Waals surface area contributed by atoms with Gasteiger partial charge in [0.1, 0.15) is 0 Å². The van der Waals surface area contributed by atoms with E-state index >= 15 is 0 Å². The summed E-state index contributed by atoms with van der Waals surface area (Å²) in [6.45, 7) is 2.08. The molecule has 0 aliphatic rings. The van der Waals surface area contributed by atoms with Crippen molar-refractivity contribution in [1.82, 2.24) is 5.32 Å². The predicted molar refractivity (Wildman–Crippen MR) is 136 cm³/mol. The first-order valence-electron chi connectivity index (χ1n) is 11.6. The highest BCUT2D eigenvalue weighted by Crippen LogP contribution is 2.19. The number of esters is 1. The lowest BCUT2D eigenvalue weighted by molar-refractivity contribution is -0.124. The summed E-state index contributed by atoms with van der Waals surface area (Å²) >= 11 is 0. The number of hydrogen-bond donors (Lipinski definition) is 2. The second-order valence-electron chi connectivity index (χ2n) is 8.10. The molecule has 7 nitrogen and oxygen atoms in total. The zero-order valence-electron chi connectivity index (χ0n) is 19.7. The van der Waals surface area contributed by atoms with Gasteiger partial charge >= 0.3 is 5.97 Å². The van der Waals surface area contributed by atoms with Gasteiger partial charge in [-0.05, 0) is 60.7 Å². The van der Waals surface area contributed by atoms with Gasteiger partial charge in [-0.25, -0.2) is 13.2 Å². The Morgan fingerprint density at radius 2 is 1.57 bits per heavy atom. The van der Waals surface area contributed by atoms with E-state index in [1.54, 1.807) is 12.1 Å². The van der Waals surface area contributed by atoms with Crippen molar-refractivity contribution in [2.24, 2.45) is 0 Å². The maximum Gasteiger partial charge on any atom is 0.338 e. The van der Waals surface area contributed by atoms with Gasteiger partial charge in [0.05, 0.1) is 10.5 Å². The van der Waals surface area contributed by atoms with E-state index in [-0.39, 0.29) is 10.5 Å². The van der Waals surface area contributed by atoms with Crippen LogP contribution in [0, 0.1) is 0 Å². The maximum absolute atomic E-state index is 12.8. The second kappa shape index (κ2) is 12.7. The van der Waals surface area contributed by atoms with Crippen LogP contribution in [0.25, 0.3) is 0 Å². The van der Waals surface area contributed by atoms with Crippen molar-refractivity contribution in [3.8, 4) is 0 Å². The number of nitrogens with one attached hydrogen (secondary N) is 2. The molecule has 8 heteroatoms. The summed E-state index contributed by atoms with van der Waals surface area (Å²) in [6.07, 6.45) is 3.77. The molecule has 35 heavy (non-hydrogen) atoms. The van der Waals surface area contributed by atoms with Crippen LogP contribution < -0.4 is 10.0 Å². The molecule has 3 rings (SSSR count). The van der Waals surface area contributed by atoms with Crippen LogP contribution >= 0.6 is 0 Å². The number of anilines is 1. The lowest BCUT2D eigenvalue weighted by Gasteiger charge is -2.10. The molecule has 0 fully saturated rings. The molecule has 1 amide bonds. The van der Waals surface area contributed by atoms with Gasteiger partial charge in [0.25, 0.3) is 15.9 Å². The number of sulfonamides is 1. The summed E-state index contributed by atoms with van der Waals surface area (Å²) in [4.78, 5) is 24.3. The Labute approximate surface area is 206 Å². The Balaban J connectivity index is 1.53. The van der Waals surface area contributed by atoms with Crippen molar-refractivity contribution in [2.75, 3.05) is 17.9 Å². The van der Waals surface area contributed by atoms with Gasteiger partial charge in [-0.2, -0.15) is 0 Å². The number of ether oxygens (including phenoxy) is 1. The lowest BCUT2D eigenvalue weighted by atomic mass is 10.1. The van der Waals surface area contributed by atoms with Crippen LogP contribution in [0.1, 0.15) is 41.3 Å². The van der Waals surface area contributed by atoms with Crippen LogP contribution in [-0.4, -0.2) is 33.4 Å². The molecule has 3 aromatic rings. The summed E-state index contributed by atoms with van der Waals surface area (Å²) in [6, 6.07) is 22.4. The van der Waals surface area contributed by atoms with Crippen molar-refractivity contribution in [1.29, 1.82) is 0 Å². The molecule has 0 heterocycles. The van der Waals surface area contributed by atoms with Gasteiger partial charge in [0, 0.05) is 12.2 Å². The highest BCUT2D eigenvalue weighted by atomic mass is 32.2. The van der Waals surface area contributed by atoms with Crippen LogP contribution in [0.2, 0.25) is 0 Å². The number of aryl methyl sites for hydroxylation is 1. The molecule has 184 valence electrons. The van der Waals surface area contributed by atoms with Gasteiger partial charge in [0.2, 0.25) is 0 Å². The summed E-state index contributed by atoms with van der Waals surface area (Å²) in [5.74, 6) is -1.21. The largest absolute Gasteiger partial charge is 0.452 e. The molecule has 0 radical (unpaired) electrons. The number of amides is 1. The molecule has 0 atom stereocenters. The first kappa shape index (κ1) is 26.0. The summed E-state index contributed by atoms with van der Waals surface area (Å²) in [5, 5.41) is 2.69. The van der Waals surface area contributed by atoms with E-state index < -0.39 is 28.5 Å². The van der Waals surface area contributed by atoms with E-state index in [0.717, 1.165) is 30.4 Å². The van der Waals surface area contributed by atoms with Crippen LogP contribution in [0.3, 0.4) is 0 Å². The minimum Gasteiger partial charge on any atom is -0.452 e. The first-order chi connectivity index (χ1) is 16.9. The van der Waals surface area contributed by atoms with Crippen LogP contribution in [0.15, 0.2) is 83.8 Å². The molecular formula is C27H30N2O5S. The highest BCUT2D eigenvalue weighted by molar-refractivity contribution is 7.92. The van der Waals surface area contributed by atoms with E-state index in [9.17, 15) is 18.0 Å². The number of carbonyl (C=O) groups excluding carboxylic acids is 2. The molecule has 0 aliphatic carbocycles. The molecular weight excluding hydrogens is 464 g/mol. The molecule has 0 spiro atoms. The normalized spacial score (nSPS) is 11.0. The van der Waals surface area contributed by atoms with Crippen molar-refractivity contribution in [3.63, 3.8) is 0 Å². The number of unbranched alkanes of at least 4 members (excludes halogenated alkanes) is 1. The smallest absolute Gasteiger partial charge is 0.338 e. The summed E-state index contributed by atoms with van der Waals surface area (Å²) in [5.41, 5.74) is 2.71. The zero-order chi connectivity index (χ0) is 25.1. The zero-order valence-corrected chi connectivity index (χ0v) is 20.5. The predicted octanol–water partition coefficient (Wildman–Crippen LogP) is 4.35. The minimum absolute atomic E-state index is 0.0416. The SMILES string of the molecule is CCCCc1ccc(NS(=O)(=O)c2cccc(C(=O)OCC(=O)NCCc3ccccc3)c2)cc1. The minimum atomic E-state index is -3.91. The maximum atomic E-state index is 12.8. The monoisotopic (exact) mass is 494 g/mol. The van der Waals surface area contributed by atoms with E-state index in [1.807, 2.05) is 42.5 Å². The highest BCUT2D eigenvalue weighted by Gasteiger charge is 2.18. The van der Waals surface area contributed by atoms with Crippen LogP contribution in [0.5, 0.6) is 0 Å². The fourth-order valence-corrected chi connectivity index (χ4v) is 4.49. The molecule has 0 saturated carbocycles. The average molecular weight is 495 g/mol. The van der Waals surface area contributed by atoms with Crippen LogP contribution in [-0.2, 0) is 32.4 Å². The Bertz CT molecular complexity index is 1230. The molecule has 0 bridgehead atoms. The molecule has 3 aromatic carbocycles.